The molecule has 2 aromatic rings. The van der Waals surface area contributed by atoms with Crippen molar-refractivity contribution in [3.05, 3.63) is 47.0 Å². The number of methoxy groups -OCH3 is 1. The van der Waals surface area contributed by atoms with Gasteiger partial charge in [-0.15, -0.1) is 24.0 Å². The SMILES string of the molecule is COc1ccccc1NC(N)=NCCc1cc(Cl)c2c(c1)OCCO2.I. The Morgan fingerprint density at radius 3 is 2.85 bits per heavy atom. The zero-order valence-corrected chi connectivity index (χ0v) is 17.4. The lowest BCUT2D eigenvalue weighted by Gasteiger charge is -2.20. The maximum atomic E-state index is 6.24. The van der Waals surface area contributed by atoms with Crippen molar-refractivity contribution in [3.8, 4) is 17.2 Å². The van der Waals surface area contributed by atoms with Gasteiger partial charge < -0.3 is 25.3 Å². The van der Waals surface area contributed by atoms with Gasteiger partial charge in [-0.2, -0.15) is 0 Å². The standard InChI is InChI=1S/C18H20ClN3O3.HI/c1-23-15-5-3-2-4-14(15)22-18(20)21-7-6-12-10-13(19)17-16(11-12)24-8-9-25-17;/h2-5,10-11H,6-9H2,1H3,(H3,20,21,22);1H. The lowest BCUT2D eigenvalue weighted by molar-refractivity contribution is 0.171. The van der Waals surface area contributed by atoms with Crippen LogP contribution in [0, 0.1) is 0 Å². The fourth-order valence-corrected chi connectivity index (χ4v) is 2.83. The molecular formula is C18H21ClIN3O3. The number of fused-ring (bicyclic) bond motifs is 1. The van der Waals surface area contributed by atoms with Gasteiger partial charge in [-0.3, -0.25) is 4.99 Å². The van der Waals surface area contributed by atoms with Crippen molar-refractivity contribution in [1.82, 2.24) is 0 Å². The van der Waals surface area contributed by atoms with Crippen LogP contribution in [-0.2, 0) is 6.42 Å². The number of benzene rings is 2. The number of halogens is 2. The van der Waals surface area contributed by atoms with E-state index in [4.69, 9.17) is 31.5 Å². The molecule has 0 amide bonds. The average Bonchev–Trinajstić information content (AvgIpc) is 2.62. The minimum Gasteiger partial charge on any atom is -0.495 e. The van der Waals surface area contributed by atoms with Crippen molar-refractivity contribution >= 4 is 47.2 Å². The first-order chi connectivity index (χ1) is 12.2. The Kier molecular flexibility index (Phi) is 7.65. The summed E-state index contributed by atoms with van der Waals surface area (Å²) in [5.74, 6) is 2.32. The van der Waals surface area contributed by atoms with E-state index in [1.165, 1.54) is 0 Å². The molecule has 1 aliphatic heterocycles. The first kappa shape index (κ1) is 20.4. The van der Waals surface area contributed by atoms with Gasteiger partial charge in [0.2, 0.25) is 0 Å². The van der Waals surface area contributed by atoms with E-state index < -0.39 is 0 Å². The maximum Gasteiger partial charge on any atom is 0.193 e. The topological polar surface area (TPSA) is 78.1 Å². The summed E-state index contributed by atoms with van der Waals surface area (Å²) in [6.45, 7) is 1.56. The van der Waals surface area contributed by atoms with Gasteiger partial charge in [0.25, 0.3) is 0 Å². The summed E-state index contributed by atoms with van der Waals surface area (Å²) >= 11 is 6.24. The molecule has 1 aliphatic rings. The quantitative estimate of drug-likeness (QED) is 0.380. The first-order valence-electron chi connectivity index (χ1n) is 7.95. The highest BCUT2D eigenvalue weighted by atomic mass is 127. The number of ether oxygens (including phenoxy) is 3. The van der Waals surface area contributed by atoms with Crippen molar-refractivity contribution in [2.75, 3.05) is 32.2 Å². The van der Waals surface area contributed by atoms with Gasteiger partial charge in [0.05, 0.1) is 17.8 Å². The van der Waals surface area contributed by atoms with Crippen LogP contribution in [0.15, 0.2) is 41.4 Å². The molecule has 0 aromatic heterocycles. The zero-order chi connectivity index (χ0) is 17.6. The molecule has 26 heavy (non-hydrogen) atoms. The van der Waals surface area contributed by atoms with E-state index >= 15 is 0 Å². The van der Waals surface area contributed by atoms with E-state index in [9.17, 15) is 0 Å². The molecule has 1 heterocycles. The molecular weight excluding hydrogens is 469 g/mol. The second-order valence-electron chi connectivity index (χ2n) is 5.44. The summed E-state index contributed by atoms with van der Waals surface area (Å²) in [4.78, 5) is 4.34. The van der Waals surface area contributed by atoms with E-state index in [0.29, 0.717) is 54.4 Å². The van der Waals surface area contributed by atoms with Crippen LogP contribution >= 0.6 is 35.6 Å². The maximum absolute atomic E-state index is 6.24. The van der Waals surface area contributed by atoms with Crippen LogP contribution in [0.1, 0.15) is 5.56 Å². The second-order valence-corrected chi connectivity index (χ2v) is 5.85. The highest BCUT2D eigenvalue weighted by molar-refractivity contribution is 14.0. The van der Waals surface area contributed by atoms with Crippen LogP contribution < -0.4 is 25.3 Å². The number of nitrogens with zero attached hydrogens (tertiary/aromatic N) is 1. The summed E-state index contributed by atoms with van der Waals surface area (Å²) < 4.78 is 16.4. The highest BCUT2D eigenvalue weighted by Crippen LogP contribution is 2.38. The summed E-state index contributed by atoms with van der Waals surface area (Å²) in [5, 5.41) is 3.59. The third-order valence-corrected chi connectivity index (χ3v) is 3.99. The number of nitrogens with two attached hydrogens (primary N) is 1. The third kappa shape index (κ3) is 5.07. The first-order valence-corrected chi connectivity index (χ1v) is 8.33. The molecule has 140 valence electrons. The summed E-state index contributed by atoms with van der Waals surface area (Å²) in [6, 6.07) is 11.3. The molecule has 0 aliphatic carbocycles. The molecule has 0 fully saturated rings. The van der Waals surface area contributed by atoms with Crippen LogP contribution in [0.3, 0.4) is 0 Å². The smallest absolute Gasteiger partial charge is 0.193 e. The lowest BCUT2D eigenvalue weighted by atomic mass is 10.1. The number of rotatable bonds is 5. The van der Waals surface area contributed by atoms with Crippen LogP contribution in [0.5, 0.6) is 17.2 Å². The van der Waals surface area contributed by atoms with Gasteiger partial charge >= 0.3 is 0 Å². The Labute approximate surface area is 174 Å². The van der Waals surface area contributed by atoms with E-state index in [-0.39, 0.29) is 24.0 Å². The van der Waals surface area contributed by atoms with Gasteiger partial charge in [0.15, 0.2) is 17.5 Å². The van der Waals surface area contributed by atoms with Crippen LogP contribution in [-0.4, -0.2) is 32.8 Å². The Morgan fingerprint density at radius 1 is 1.27 bits per heavy atom. The third-order valence-electron chi connectivity index (χ3n) is 3.71. The number of anilines is 1. The lowest BCUT2D eigenvalue weighted by Crippen LogP contribution is -2.23. The number of hydrogen-bond acceptors (Lipinski definition) is 4. The fourth-order valence-electron chi connectivity index (χ4n) is 2.54. The van der Waals surface area contributed by atoms with Crippen molar-refractivity contribution < 1.29 is 14.2 Å². The molecule has 0 saturated carbocycles. The molecule has 0 radical (unpaired) electrons. The molecule has 3 rings (SSSR count). The largest absolute Gasteiger partial charge is 0.495 e. The number of nitrogens with one attached hydrogen (secondary N) is 1. The highest BCUT2D eigenvalue weighted by Gasteiger charge is 2.16. The summed E-state index contributed by atoms with van der Waals surface area (Å²) in [5.41, 5.74) is 7.74. The van der Waals surface area contributed by atoms with Crippen molar-refractivity contribution in [1.29, 1.82) is 0 Å². The van der Waals surface area contributed by atoms with E-state index in [1.807, 2.05) is 36.4 Å². The zero-order valence-electron chi connectivity index (χ0n) is 14.3. The van der Waals surface area contributed by atoms with Gasteiger partial charge in [-0.25, -0.2) is 0 Å². The molecule has 8 heteroatoms. The Hall–Kier alpha value is -1.87. The Balaban J connectivity index is 0.00000243. The molecule has 0 saturated heterocycles. The van der Waals surface area contributed by atoms with Crippen LogP contribution in [0.25, 0.3) is 0 Å². The minimum absolute atomic E-state index is 0. The number of hydrogen-bond donors (Lipinski definition) is 2. The molecule has 0 spiro atoms. The van der Waals surface area contributed by atoms with E-state index in [1.54, 1.807) is 7.11 Å². The number of aliphatic imine (C=N–C) groups is 1. The van der Waals surface area contributed by atoms with Crippen molar-refractivity contribution in [2.45, 2.75) is 6.42 Å². The molecule has 6 nitrogen and oxygen atoms in total. The fraction of sp³-hybridized carbons (Fsp3) is 0.278. The monoisotopic (exact) mass is 489 g/mol. The molecule has 3 N–H and O–H groups in total. The predicted molar refractivity (Wildman–Crippen MR) is 115 cm³/mol. The molecule has 0 unspecified atom stereocenters. The van der Waals surface area contributed by atoms with E-state index in [0.717, 1.165) is 11.3 Å². The number of para-hydroxylation sites is 2. The summed E-state index contributed by atoms with van der Waals surface area (Å²) in [7, 11) is 1.61. The minimum atomic E-state index is 0. The van der Waals surface area contributed by atoms with Crippen molar-refractivity contribution in [3.63, 3.8) is 0 Å². The van der Waals surface area contributed by atoms with Gasteiger partial charge in [-0.1, -0.05) is 23.7 Å². The van der Waals surface area contributed by atoms with Gasteiger partial charge in [0.1, 0.15) is 19.0 Å². The Bertz CT molecular complexity index is 786. The molecule has 2 aromatic carbocycles. The molecule has 0 atom stereocenters. The van der Waals surface area contributed by atoms with Gasteiger partial charge in [-0.05, 0) is 36.2 Å². The normalized spacial score (nSPS) is 12.9. The average molecular weight is 490 g/mol. The number of guanidine groups is 1. The van der Waals surface area contributed by atoms with Crippen LogP contribution in [0.4, 0.5) is 5.69 Å². The van der Waals surface area contributed by atoms with E-state index in [2.05, 4.69) is 10.3 Å². The Morgan fingerprint density at radius 2 is 2.04 bits per heavy atom. The van der Waals surface area contributed by atoms with Crippen molar-refractivity contribution in [2.24, 2.45) is 10.7 Å². The van der Waals surface area contributed by atoms with Crippen LogP contribution in [0.2, 0.25) is 5.02 Å². The predicted octanol–water partition coefficient (Wildman–Crippen LogP) is 3.71. The summed E-state index contributed by atoms with van der Waals surface area (Å²) in [6.07, 6.45) is 0.685. The van der Waals surface area contributed by atoms with Gasteiger partial charge in [0, 0.05) is 6.54 Å². The molecule has 0 bridgehead atoms. The second kappa shape index (κ2) is 9.72.